The maximum absolute atomic E-state index is 13.1. The van der Waals surface area contributed by atoms with Crippen LogP contribution in [0.15, 0.2) is 30.5 Å². The predicted molar refractivity (Wildman–Crippen MR) is 105 cm³/mol. The maximum Gasteiger partial charge on any atom is 0.257 e. The first-order chi connectivity index (χ1) is 12.6. The number of nitrogens with one attached hydrogen (secondary N) is 2. The maximum atomic E-state index is 13.1. The summed E-state index contributed by atoms with van der Waals surface area (Å²) >= 11 is 1.65. The average molecular weight is 372 g/mol. The smallest absolute Gasteiger partial charge is 0.257 e. The number of para-hydroxylation sites is 1. The van der Waals surface area contributed by atoms with Gasteiger partial charge >= 0.3 is 0 Å². The molecule has 1 aliphatic carbocycles. The van der Waals surface area contributed by atoms with E-state index in [0.29, 0.717) is 23.1 Å². The average Bonchev–Trinajstić information content (AvgIpc) is 3.28. The molecule has 0 bridgehead atoms. The van der Waals surface area contributed by atoms with Gasteiger partial charge in [0, 0.05) is 28.9 Å². The van der Waals surface area contributed by atoms with Crippen molar-refractivity contribution in [2.24, 2.45) is 5.92 Å². The molecule has 1 aromatic carbocycles. The number of aromatic amines is 1. The zero-order chi connectivity index (χ0) is 18.1. The molecule has 5 nitrogen and oxygen atoms in total. The number of aromatic nitrogens is 1. The molecule has 0 spiro atoms. The summed E-state index contributed by atoms with van der Waals surface area (Å²) < 4.78 is 0. The third-order valence-corrected chi connectivity index (χ3v) is 6.56. The van der Waals surface area contributed by atoms with Crippen LogP contribution in [0, 0.1) is 5.92 Å². The van der Waals surface area contributed by atoms with Crippen LogP contribution in [-0.2, 0) is 4.79 Å². The van der Waals surface area contributed by atoms with Crippen LogP contribution in [0.3, 0.4) is 0 Å². The minimum Gasteiger partial charge on any atom is -0.360 e. The van der Waals surface area contributed by atoms with Gasteiger partial charge in [0.25, 0.3) is 5.91 Å². The molecule has 2 aromatic rings. The summed E-state index contributed by atoms with van der Waals surface area (Å²) in [6, 6.07) is 7.65. The molecule has 6 heteroatoms. The van der Waals surface area contributed by atoms with Crippen LogP contribution in [0.2, 0.25) is 0 Å². The fraction of sp³-hybridized carbons (Fsp3) is 0.500. The molecule has 2 N–H and O–H groups in total. The lowest BCUT2D eigenvalue weighted by molar-refractivity contribution is -0.125. The topological polar surface area (TPSA) is 65.2 Å². The van der Waals surface area contributed by atoms with E-state index in [9.17, 15) is 9.59 Å². The first-order valence-electron chi connectivity index (χ1n) is 9.38. The standard InChI is InChI=1S/C20H25N3O2S/c1-13-5-4-6-14(9-13)22-19(24)18-11-26-12-23(18)20(25)16-10-21-17-8-3-2-7-15(16)17/h2-3,7-8,10,13-14,18,21H,4-6,9,11-12H2,1H3,(H,22,24). The van der Waals surface area contributed by atoms with Crippen LogP contribution in [-0.4, -0.2) is 45.4 Å². The summed E-state index contributed by atoms with van der Waals surface area (Å²) in [5, 5.41) is 4.12. The second-order valence-electron chi connectivity index (χ2n) is 7.52. The molecule has 0 radical (unpaired) electrons. The molecule has 1 aliphatic heterocycles. The number of carbonyl (C=O) groups excluding carboxylic acids is 2. The van der Waals surface area contributed by atoms with Gasteiger partial charge in [-0.1, -0.05) is 38.0 Å². The molecule has 2 fully saturated rings. The van der Waals surface area contributed by atoms with Crippen molar-refractivity contribution in [2.75, 3.05) is 11.6 Å². The third kappa shape index (κ3) is 3.34. The Hall–Kier alpha value is -1.95. The van der Waals surface area contributed by atoms with Crippen molar-refractivity contribution in [2.45, 2.75) is 44.7 Å². The lowest BCUT2D eigenvalue weighted by Crippen LogP contribution is -2.50. The molecule has 1 saturated heterocycles. The van der Waals surface area contributed by atoms with Crippen LogP contribution in [0.1, 0.15) is 43.0 Å². The Bertz CT molecular complexity index is 818. The van der Waals surface area contributed by atoms with E-state index < -0.39 is 0 Å². The molecule has 4 rings (SSSR count). The molecule has 3 atom stereocenters. The Labute approximate surface area is 157 Å². The number of H-pyrrole nitrogens is 1. The van der Waals surface area contributed by atoms with Gasteiger partial charge in [0.05, 0.1) is 11.4 Å². The lowest BCUT2D eigenvalue weighted by atomic mass is 9.87. The Kier molecular flexibility index (Phi) is 4.94. The molecule has 26 heavy (non-hydrogen) atoms. The van der Waals surface area contributed by atoms with E-state index in [0.717, 1.165) is 23.7 Å². The highest BCUT2D eigenvalue weighted by molar-refractivity contribution is 7.99. The van der Waals surface area contributed by atoms with E-state index >= 15 is 0 Å². The Morgan fingerprint density at radius 1 is 1.27 bits per heavy atom. The number of fused-ring (bicyclic) bond motifs is 1. The summed E-state index contributed by atoms with van der Waals surface area (Å²) in [5.74, 6) is 1.84. The fourth-order valence-corrected chi connectivity index (χ4v) is 5.28. The van der Waals surface area contributed by atoms with Gasteiger partial charge in [0.2, 0.25) is 5.91 Å². The number of rotatable bonds is 3. The van der Waals surface area contributed by atoms with Crippen LogP contribution >= 0.6 is 11.8 Å². The van der Waals surface area contributed by atoms with Crippen molar-refractivity contribution in [3.63, 3.8) is 0 Å². The largest absolute Gasteiger partial charge is 0.360 e. The summed E-state index contributed by atoms with van der Waals surface area (Å²) in [7, 11) is 0. The summed E-state index contributed by atoms with van der Waals surface area (Å²) in [6.07, 6.45) is 6.27. The Balaban J connectivity index is 1.49. The van der Waals surface area contributed by atoms with Crippen molar-refractivity contribution < 1.29 is 9.59 Å². The van der Waals surface area contributed by atoms with E-state index in [2.05, 4.69) is 17.2 Å². The lowest BCUT2D eigenvalue weighted by Gasteiger charge is -2.30. The van der Waals surface area contributed by atoms with E-state index in [1.165, 1.54) is 12.8 Å². The predicted octanol–water partition coefficient (Wildman–Crippen LogP) is 3.38. The molecule has 1 aromatic heterocycles. The molecular formula is C20H25N3O2S. The molecule has 2 aliphatic rings. The second-order valence-corrected chi connectivity index (χ2v) is 8.52. The summed E-state index contributed by atoms with van der Waals surface area (Å²) in [6.45, 7) is 2.25. The van der Waals surface area contributed by atoms with E-state index in [1.807, 2.05) is 24.3 Å². The minimum absolute atomic E-state index is 0.00212. The Morgan fingerprint density at radius 2 is 2.12 bits per heavy atom. The number of benzene rings is 1. The normalized spacial score (nSPS) is 26.2. The van der Waals surface area contributed by atoms with E-state index in [4.69, 9.17) is 0 Å². The first-order valence-corrected chi connectivity index (χ1v) is 10.5. The number of hydrogen-bond donors (Lipinski definition) is 2. The highest BCUT2D eigenvalue weighted by atomic mass is 32.2. The van der Waals surface area contributed by atoms with Crippen molar-refractivity contribution in [1.82, 2.24) is 15.2 Å². The zero-order valence-corrected chi connectivity index (χ0v) is 15.8. The zero-order valence-electron chi connectivity index (χ0n) is 15.0. The van der Waals surface area contributed by atoms with Gasteiger partial charge in [-0.25, -0.2) is 0 Å². The van der Waals surface area contributed by atoms with Gasteiger partial charge in [-0.05, 0) is 24.8 Å². The molecule has 138 valence electrons. The Morgan fingerprint density at radius 3 is 2.96 bits per heavy atom. The molecule has 3 unspecified atom stereocenters. The van der Waals surface area contributed by atoms with Crippen molar-refractivity contribution >= 4 is 34.5 Å². The van der Waals surface area contributed by atoms with Gasteiger partial charge in [0.1, 0.15) is 6.04 Å². The molecule has 1 saturated carbocycles. The fourth-order valence-electron chi connectivity index (χ4n) is 4.13. The number of nitrogens with zero attached hydrogens (tertiary/aromatic N) is 1. The number of amides is 2. The second kappa shape index (κ2) is 7.35. The van der Waals surface area contributed by atoms with Gasteiger partial charge in [0.15, 0.2) is 0 Å². The highest BCUT2D eigenvalue weighted by Crippen LogP contribution is 2.28. The third-order valence-electron chi connectivity index (χ3n) is 5.55. The first kappa shape index (κ1) is 17.5. The van der Waals surface area contributed by atoms with Gasteiger partial charge < -0.3 is 15.2 Å². The van der Waals surface area contributed by atoms with Gasteiger partial charge in [-0.3, -0.25) is 9.59 Å². The monoisotopic (exact) mass is 371 g/mol. The van der Waals surface area contributed by atoms with E-state index in [-0.39, 0.29) is 23.9 Å². The van der Waals surface area contributed by atoms with Crippen LogP contribution in [0.4, 0.5) is 0 Å². The molecular weight excluding hydrogens is 346 g/mol. The molecule has 2 amide bonds. The van der Waals surface area contributed by atoms with E-state index in [1.54, 1.807) is 22.9 Å². The van der Waals surface area contributed by atoms with Gasteiger partial charge in [-0.15, -0.1) is 11.8 Å². The highest BCUT2D eigenvalue weighted by Gasteiger charge is 2.37. The van der Waals surface area contributed by atoms with Crippen molar-refractivity contribution in [3.05, 3.63) is 36.0 Å². The minimum atomic E-state index is -0.376. The summed E-state index contributed by atoms with van der Waals surface area (Å²) in [5.41, 5.74) is 1.59. The van der Waals surface area contributed by atoms with Crippen LogP contribution in [0.5, 0.6) is 0 Å². The van der Waals surface area contributed by atoms with Crippen molar-refractivity contribution in [1.29, 1.82) is 0 Å². The number of carbonyl (C=O) groups is 2. The SMILES string of the molecule is CC1CCCC(NC(=O)C2CSCN2C(=O)c2c[nH]c3ccccc23)C1. The number of hydrogen-bond acceptors (Lipinski definition) is 3. The van der Waals surface area contributed by atoms with Crippen LogP contribution in [0.25, 0.3) is 10.9 Å². The summed E-state index contributed by atoms with van der Waals surface area (Å²) in [4.78, 5) is 30.8. The van der Waals surface area contributed by atoms with Crippen molar-refractivity contribution in [3.8, 4) is 0 Å². The quantitative estimate of drug-likeness (QED) is 0.869. The molecule has 2 heterocycles. The van der Waals surface area contributed by atoms with Gasteiger partial charge in [-0.2, -0.15) is 0 Å². The van der Waals surface area contributed by atoms with Crippen LogP contribution < -0.4 is 5.32 Å². The number of thioether (sulfide) groups is 1.